The summed E-state index contributed by atoms with van der Waals surface area (Å²) in [6, 6.07) is -0.594. The van der Waals surface area contributed by atoms with Crippen molar-refractivity contribution < 1.29 is 23.1 Å². The molecule has 2 rings (SSSR count). The van der Waals surface area contributed by atoms with Gasteiger partial charge in [0.05, 0.1) is 5.92 Å². The van der Waals surface area contributed by atoms with Gasteiger partial charge in [-0.25, -0.2) is 4.79 Å². The highest BCUT2D eigenvalue weighted by Crippen LogP contribution is 2.21. The van der Waals surface area contributed by atoms with Crippen molar-refractivity contribution >= 4 is 22.2 Å². The molecule has 144 valence electrons. The normalized spacial score (nSPS) is 25.8. The van der Waals surface area contributed by atoms with E-state index in [0.29, 0.717) is 32.4 Å². The predicted octanol–water partition coefficient (Wildman–Crippen LogP) is 0.154. The molecule has 0 aliphatic carbocycles. The van der Waals surface area contributed by atoms with E-state index in [0.717, 1.165) is 12.8 Å². The molecule has 2 unspecified atom stereocenters. The van der Waals surface area contributed by atoms with Crippen LogP contribution in [0.1, 0.15) is 32.1 Å². The fraction of sp³-hybridized carbons (Fsp3) is 0.867. The van der Waals surface area contributed by atoms with E-state index in [2.05, 4.69) is 5.32 Å². The van der Waals surface area contributed by atoms with Crippen molar-refractivity contribution in [3.8, 4) is 0 Å². The molecule has 0 aromatic rings. The average Bonchev–Trinajstić information content (AvgIpc) is 2.59. The number of hydrogen-bond donors (Lipinski definition) is 2. The largest absolute Gasteiger partial charge is 0.481 e. The Kier molecular flexibility index (Phi) is 6.64. The number of likely N-dealkylation sites (tertiary alicyclic amines) is 1. The maximum atomic E-state index is 12.4. The lowest BCUT2D eigenvalue weighted by molar-refractivity contribution is -0.143. The lowest BCUT2D eigenvalue weighted by Gasteiger charge is -2.37. The number of aliphatic carboxylic acids is 1. The molecule has 2 heterocycles. The highest BCUT2D eigenvalue weighted by molar-refractivity contribution is 7.86. The topological polar surface area (TPSA) is 110 Å². The second-order valence-corrected chi connectivity index (χ2v) is 8.95. The first-order valence-electron chi connectivity index (χ1n) is 8.68. The number of nitrogens with zero attached hydrogens (tertiary/aromatic N) is 3. The molecule has 9 nitrogen and oxygen atoms in total. The van der Waals surface area contributed by atoms with Crippen LogP contribution < -0.4 is 5.32 Å². The Morgan fingerprint density at radius 2 is 1.88 bits per heavy atom. The van der Waals surface area contributed by atoms with Crippen LogP contribution in [0, 0.1) is 5.92 Å². The van der Waals surface area contributed by atoms with E-state index in [-0.39, 0.29) is 25.2 Å². The fourth-order valence-corrected chi connectivity index (χ4v) is 4.71. The van der Waals surface area contributed by atoms with Crippen molar-refractivity contribution in [1.29, 1.82) is 0 Å². The number of carboxylic acid groups (broad SMARTS) is 1. The Hall–Kier alpha value is -1.39. The lowest BCUT2D eigenvalue weighted by atomic mass is 9.99. The van der Waals surface area contributed by atoms with Crippen LogP contribution in [0.5, 0.6) is 0 Å². The van der Waals surface area contributed by atoms with Gasteiger partial charge in [0.25, 0.3) is 10.2 Å². The Bertz CT molecular complexity index is 595. The van der Waals surface area contributed by atoms with Gasteiger partial charge in [-0.3, -0.25) is 4.79 Å². The molecule has 0 aromatic heterocycles. The van der Waals surface area contributed by atoms with Crippen molar-refractivity contribution in [2.24, 2.45) is 5.92 Å². The third-order valence-corrected chi connectivity index (χ3v) is 6.87. The van der Waals surface area contributed by atoms with Crippen LogP contribution in [0.2, 0.25) is 0 Å². The summed E-state index contributed by atoms with van der Waals surface area (Å²) in [4.78, 5) is 25.0. The van der Waals surface area contributed by atoms with E-state index in [9.17, 15) is 18.0 Å². The first-order valence-corrected chi connectivity index (χ1v) is 10.1. The number of carbonyl (C=O) groups is 2. The molecule has 2 amide bonds. The Morgan fingerprint density at radius 3 is 2.52 bits per heavy atom. The summed E-state index contributed by atoms with van der Waals surface area (Å²) in [6.07, 6.45) is 3.67. The van der Waals surface area contributed by atoms with Crippen molar-refractivity contribution in [2.75, 3.05) is 40.3 Å². The molecule has 0 bridgehead atoms. The highest BCUT2D eigenvalue weighted by atomic mass is 32.2. The molecule has 2 saturated heterocycles. The van der Waals surface area contributed by atoms with Crippen molar-refractivity contribution in [3.63, 3.8) is 0 Å². The molecule has 0 radical (unpaired) electrons. The van der Waals surface area contributed by atoms with E-state index in [1.165, 1.54) is 27.6 Å². The van der Waals surface area contributed by atoms with Crippen LogP contribution in [0.4, 0.5) is 4.79 Å². The molecule has 0 saturated carbocycles. The van der Waals surface area contributed by atoms with Crippen LogP contribution >= 0.6 is 0 Å². The molecule has 0 spiro atoms. The van der Waals surface area contributed by atoms with Gasteiger partial charge in [-0.1, -0.05) is 6.42 Å². The molecule has 2 aliphatic rings. The van der Waals surface area contributed by atoms with Crippen LogP contribution in [-0.4, -0.2) is 85.4 Å². The number of nitrogens with one attached hydrogen (secondary N) is 1. The minimum atomic E-state index is -3.52. The van der Waals surface area contributed by atoms with Crippen molar-refractivity contribution in [3.05, 3.63) is 0 Å². The zero-order valence-electron chi connectivity index (χ0n) is 14.8. The lowest BCUT2D eigenvalue weighted by Crippen LogP contribution is -2.54. The Labute approximate surface area is 149 Å². The summed E-state index contributed by atoms with van der Waals surface area (Å²) < 4.78 is 27.5. The maximum absolute atomic E-state index is 12.4. The fourth-order valence-electron chi connectivity index (χ4n) is 3.37. The van der Waals surface area contributed by atoms with Crippen molar-refractivity contribution in [1.82, 2.24) is 18.8 Å². The summed E-state index contributed by atoms with van der Waals surface area (Å²) in [5.41, 5.74) is 0. The van der Waals surface area contributed by atoms with E-state index < -0.39 is 22.1 Å². The van der Waals surface area contributed by atoms with Gasteiger partial charge < -0.3 is 15.3 Å². The van der Waals surface area contributed by atoms with E-state index in [1.54, 1.807) is 0 Å². The van der Waals surface area contributed by atoms with Crippen molar-refractivity contribution in [2.45, 2.75) is 38.1 Å². The van der Waals surface area contributed by atoms with Gasteiger partial charge in [-0.05, 0) is 25.7 Å². The molecule has 10 heteroatoms. The summed E-state index contributed by atoms with van der Waals surface area (Å²) in [5, 5.41) is 11.9. The first kappa shape index (κ1) is 19.9. The zero-order valence-corrected chi connectivity index (χ0v) is 15.7. The summed E-state index contributed by atoms with van der Waals surface area (Å²) in [5.74, 6) is -1.41. The zero-order chi connectivity index (χ0) is 18.6. The van der Waals surface area contributed by atoms with E-state index >= 15 is 0 Å². The summed E-state index contributed by atoms with van der Waals surface area (Å²) >= 11 is 0. The molecule has 2 fully saturated rings. The maximum Gasteiger partial charge on any atom is 0.317 e. The number of amides is 2. The second-order valence-electron chi connectivity index (χ2n) is 6.86. The van der Waals surface area contributed by atoms with Gasteiger partial charge in [-0.2, -0.15) is 17.0 Å². The monoisotopic (exact) mass is 376 g/mol. The number of urea groups is 1. The molecule has 0 aromatic carbocycles. The molecule has 2 N–H and O–H groups in total. The molecular weight excluding hydrogens is 348 g/mol. The van der Waals surface area contributed by atoms with E-state index in [4.69, 9.17) is 5.11 Å². The minimum Gasteiger partial charge on any atom is -0.481 e. The predicted molar refractivity (Wildman–Crippen MR) is 92.3 cm³/mol. The van der Waals surface area contributed by atoms with Crippen LogP contribution in [-0.2, 0) is 15.0 Å². The van der Waals surface area contributed by atoms with Gasteiger partial charge in [0, 0.05) is 46.3 Å². The van der Waals surface area contributed by atoms with Gasteiger partial charge >= 0.3 is 12.0 Å². The molecule has 2 aliphatic heterocycles. The first-order chi connectivity index (χ1) is 11.7. The summed E-state index contributed by atoms with van der Waals surface area (Å²) in [6.45, 7) is 1.41. The van der Waals surface area contributed by atoms with E-state index in [1.807, 2.05) is 0 Å². The number of carboxylic acids is 1. The standard InChI is InChI=1S/C15H28N4O5S/c1-17(2)25(23,24)19-9-4-3-7-13(19)10-16-15(22)18-8-5-6-12(11-18)14(20)21/h12-13H,3-11H2,1-2H3,(H,16,22)(H,20,21). The minimum absolute atomic E-state index is 0.200. The third-order valence-electron chi connectivity index (χ3n) is 4.88. The SMILES string of the molecule is CN(C)S(=O)(=O)N1CCCCC1CNC(=O)N1CCCC(C(=O)O)C1. The van der Waals surface area contributed by atoms with Crippen LogP contribution in [0.15, 0.2) is 0 Å². The van der Waals surface area contributed by atoms with Crippen LogP contribution in [0.25, 0.3) is 0 Å². The molecule has 25 heavy (non-hydrogen) atoms. The Morgan fingerprint density at radius 1 is 1.16 bits per heavy atom. The smallest absolute Gasteiger partial charge is 0.317 e. The van der Waals surface area contributed by atoms with Gasteiger partial charge in [0.15, 0.2) is 0 Å². The molecular formula is C15H28N4O5S. The average molecular weight is 376 g/mol. The quantitative estimate of drug-likeness (QED) is 0.710. The van der Waals surface area contributed by atoms with Crippen LogP contribution in [0.3, 0.4) is 0 Å². The van der Waals surface area contributed by atoms with Gasteiger partial charge in [-0.15, -0.1) is 0 Å². The number of rotatable bonds is 5. The van der Waals surface area contributed by atoms with Gasteiger partial charge in [0.1, 0.15) is 0 Å². The number of carbonyl (C=O) groups excluding carboxylic acids is 1. The molecule has 2 atom stereocenters. The number of piperidine rings is 2. The second kappa shape index (κ2) is 8.33. The third kappa shape index (κ3) is 4.83. The number of hydrogen-bond acceptors (Lipinski definition) is 4. The summed E-state index contributed by atoms with van der Waals surface area (Å²) in [7, 11) is -0.519. The van der Waals surface area contributed by atoms with Gasteiger partial charge in [0.2, 0.25) is 0 Å². The Balaban J connectivity index is 1.94. The highest BCUT2D eigenvalue weighted by Gasteiger charge is 2.34.